The number of hydrogen-bond acceptors (Lipinski definition) is 3. The van der Waals surface area contributed by atoms with Gasteiger partial charge in [-0.1, -0.05) is 6.07 Å². The van der Waals surface area contributed by atoms with Gasteiger partial charge in [0.2, 0.25) is 11.8 Å². The molecule has 6 rings (SSSR count). The van der Waals surface area contributed by atoms with Crippen molar-refractivity contribution in [2.75, 3.05) is 4.90 Å². The Morgan fingerprint density at radius 1 is 1.07 bits per heavy atom. The van der Waals surface area contributed by atoms with Gasteiger partial charge in [0.05, 0.1) is 5.69 Å². The first-order valence-electron chi connectivity index (χ1n) is 11.1. The Kier molecular flexibility index (Phi) is 4.49. The van der Waals surface area contributed by atoms with Crippen LogP contribution in [-0.2, 0) is 16.1 Å². The lowest BCUT2D eigenvalue weighted by molar-refractivity contribution is -0.120. The van der Waals surface area contributed by atoms with Crippen LogP contribution in [0.5, 0.6) is 0 Å². The number of aromatic nitrogens is 1. The molecule has 6 nitrogen and oxygen atoms in total. The molecule has 30 heavy (non-hydrogen) atoms. The highest BCUT2D eigenvalue weighted by Crippen LogP contribution is 2.58. The maximum atomic E-state index is 13.0. The smallest absolute Gasteiger partial charge is 0.258 e. The van der Waals surface area contributed by atoms with Crippen molar-refractivity contribution in [2.24, 2.45) is 23.5 Å². The van der Waals surface area contributed by atoms with Crippen LogP contribution in [-0.4, -0.2) is 21.9 Å². The highest BCUT2D eigenvalue weighted by Gasteiger charge is 2.54. The van der Waals surface area contributed by atoms with Gasteiger partial charge in [-0.2, -0.15) is 0 Å². The monoisotopic (exact) mass is 407 g/mol. The second kappa shape index (κ2) is 6.96. The van der Waals surface area contributed by atoms with Gasteiger partial charge >= 0.3 is 0 Å². The molecular weight excluding hydrogens is 378 g/mol. The van der Waals surface area contributed by atoms with Crippen molar-refractivity contribution in [3.05, 3.63) is 40.8 Å². The lowest BCUT2D eigenvalue weighted by Gasteiger charge is -2.60. The van der Waals surface area contributed by atoms with Crippen LogP contribution in [0.25, 0.3) is 10.8 Å². The third kappa shape index (κ3) is 3.04. The largest absolute Gasteiger partial charge is 0.370 e. The van der Waals surface area contributed by atoms with Crippen molar-refractivity contribution >= 4 is 28.3 Å². The van der Waals surface area contributed by atoms with Gasteiger partial charge in [-0.3, -0.25) is 14.4 Å². The first-order valence-corrected chi connectivity index (χ1v) is 11.1. The van der Waals surface area contributed by atoms with E-state index >= 15 is 0 Å². The number of pyridine rings is 1. The number of aryl methyl sites for hydroxylation is 1. The summed E-state index contributed by atoms with van der Waals surface area (Å²) in [5.41, 5.74) is 5.83. The molecule has 0 unspecified atom stereocenters. The number of carbonyl (C=O) groups excluding carboxylic acids is 2. The maximum Gasteiger partial charge on any atom is 0.258 e. The molecule has 4 fully saturated rings. The molecule has 1 aromatic heterocycles. The molecule has 0 atom stereocenters. The van der Waals surface area contributed by atoms with E-state index < -0.39 is 5.91 Å². The summed E-state index contributed by atoms with van der Waals surface area (Å²) in [5, 5.41) is 1.39. The van der Waals surface area contributed by atoms with Crippen LogP contribution < -0.4 is 16.2 Å². The van der Waals surface area contributed by atoms with Crippen LogP contribution in [0.1, 0.15) is 51.9 Å². The number of carbonyl (C=O) groups is 2. The third-order valence-corrected chi connectivity index (χ3v) is 7.63. The summed E-state index contributed by atoms with van der Waals surface area (Å²) in [4.78, 5) is 39.2. The van der Waals surface area contributed by atoms with Crippen LogP contribution >= 0.6 is 0 Å². The Labute approximate surface area is 176 Å². The predicted octanol–water partition coefficient (Wildman–Crippen LogP) is 3.20. The molecule has 158 valence electrons. The standard InChI is InChI=1S/C24H29N3O3/c1-15(28)27(24-12-16-9-17(13-24)11-18(10-16)14-24)21-4-2-3-20-19(21)5-7-26(23(20)30)8-6-22(25)29/h2-5,7,16-18H,6,8-14H2,1H3,(H2,25,29). The van der Waals surface area contributed by atoms with Crippen LogP contribution in [0.4, 0.5) is 5.69 Å². The van der Waals surface area contributed by atoms with E-state index in [4.69, 9.17) is 5.73 Å². The number of amides is 2. The number of fused-ring (bicyclic) bond motifs is 1. The van der Waals surface area contributed by atoms with E-state index in [9.17, 15) is 14.4 Å². The van der Waals surface area contributed by atoms with Crippen LogP contribution in [0.2, 0.25) is 0 Å². The second-order valence-corrected chi connectivity index (χ2v) is 9.77. The fourth-order valence-corrected chi connectivity index (χ4v) is 7.00. The van der Waals surface area contributed by atoms with Gasteiger partial charge in [0.15, 0.2) is 0 Å². The third-order valence-electron chi connectivity index (χ3n) is 7.63. The van der Waals surface area contributed by atoms with E-state index in [1.807, 2.05) is 23.1 Å². The number of rotatable bonds is 5. The SMILES string of the molecule is CC(=O)N(c1cccc2c(=O)n(CCC(N)=O)ccc12)C12CC3CC(CC(C3)C1)C2. The number of nitrogens with zero attached hydrogens (tertiary/aromatic N) is 2. The van der Waals surface area contributed by atoms with Gasteiger partial charge in [0.1, 0.15) is 0 Å². The van der Waals surface area contributed by atoms with Gasteiger partial charge in [-0.25, -0.2) is 0 Å². The van der Waals surface area contributed by atoms with E-state index in [0.29, 0.717) is 5.39 Å². The molecule has 4 aliphatic carbocycles. The molecule has 0 saturated heterocycles. The molecule has 4 bridgehead atoms. The predicted molar refractivity (Wildman–Crippen MR) is 116 cm³/mol. The number of benzene rings is 1. The summed E-state index contributed by atoms with van der Waals surface area (Å²) < 4.78 is 1.53. The molecule has 0 aliphatic heterocycles. The van der Waals surface area contributed by atoms with Crippen LogP contribution in [0, 0.1) is 17.8 Å². The first kappa shape index (κ1) is 19.3. The zero-order chi connectivity index (χ0) is 21.0. The van der Waals surface area contributed by atoms with Crippen molar-refractivity contribution in [1.29, 1.82) is 0 Å². The molecule has 0 spiro atoms. The molecule has 1 heterocycles. The van der Waals surface area contributed by atoms with Crippen LogP contribution in [0.15, 0.2) is 35.3 Å². The fraction of sp³-hybridized carbons (Fsp3) is 0.542. The molecular formula is C24H29N3O3. The number of primary amides is 1. The van der Waals surface area contributed by atoms with Crippen LogP contribution in [0.3, 0.4) is 0 Å². The van der Waals surface area contributed by atoms with E-state index in [-0.39, 0.29) is 30.0 Å². The number of nitrogens with two attached hydrogens (primary N) is 1. The summed E-state index contributed by atoms with van der Waals surface area (Å²) in [7, 11) is 0. The Morgan fingerprint density at radius 2 is 1.70 bits per heavy atom. The van der Waals surface area contributed by atoms with Crippen molar-refractivity contribution in [3.8, 4) is 0 Å². The summed E-state index contributed by atoms with van der Waals surface area (Å²) >= 11 is 0. The highest BCUT2D eigenvalue weighted by atomic mass is 16.2. The normalized spacial score (nSPS) is 29.3. The summed E-state index contributed by atoms with van der Waals surface area (Å²) in [6.07, 6.45) is 8.99. The lowest BCUT2D eigenvalue weighted by atomic mass is 9.52. The summed E-state index contributed by atoms with van der Waals surface area (Å²) in [6, 6.07) is 7.56. The highest BCUT2D eigenvalue weighted by molar-refractivity contribution is 6.03. The molecule has 1 aromatic carbocycles. The minimum Gasteiger partial charge on any atom is -0.370 e. The molecule has 2 amide bonds. The lowest BCUT2D eigenvalue weighted by Crippen LogP contribution is -2.61. The first-order chi connectivity index (χ1) is 14.4. The van der Waals surface area contributed by atoms with E-state index in [1.165, 1.54) is 23.8 Å². The Hall–Kier alpha value is -2.63. The molecule has 6 heteroatoms. The van der Waals surface area contributed by atoms with Gasteiger partial charge in [-0.05, 0) is 74.5 Å². The molecule has 2 N–H and O–H groups in total. The topological polar surface area (TPSA) is 85.4 Å². The Bertz CT molecular complexity index is 1050. The van der Waals surface area contributed by atoms with Gasteiger partial charge in [0, 0.05) is 42.4 Å². The van der Waals surface area contributed by atoms with E-state index in [2.05, 4.69) is 0 Å². The molecule has 4 saturated carbocycles. The molecule has 2 aromatic rings. The molecule has 4 aliphatic rings. The second-order valence-electron chi connectivity index (χ2n) is 9.77. The summed E-state index contributed by atoms with van der Waals surface area (Å²) in [6.45, 7) is 1.92. The van der Waals surface area contributed by atoms with E-state index in [1.54, 1.807) is 19.2 Å². The maximum absolute atomic E-state index is 13.0. The van der Waals surface area contributed by atoms with Gasteiger partial charge < -0.3 is 15.2 Å². The number of hydrogen-bond donors (Lipinski definition) is 1. The van der Waals surface area contributed by atoms with E-state index in [0.717, 1.165) is 48.1 Å². The average molecular weight is 408 g/mol. The van der Waals surface area contributed by atoms with Crippen molar-refractivity contribution in [3.63, 3.8) is 0 Å². The van der Waals surface area contributed by atoms with Gasteiger partial charge in [-0.15, -0.1) is 0 Å². The molecule has 0 radical (unpaired) electrons. The van der Waals surface area contributed by atoms with Crippen molar-refractivity contribution in [2.45, 2.75) is 64.0 Å². The minimum absolute atomic E-state index is 0.0577. The fourth-order valence-electron chi connectivity index (χ4n) is 7.00. The Morgan fingerprint density at radius 3 is 2.27 bits per heavy atom. The minimum atomic E-state index is -0.430. The quantitative estimate of drug-likeness (QED) is 0.826. The average Bonchev–Trinajstić information content (AvgIpc) is 2.66. The zero-order valence-corrected chi connectivity index (χ0v) is 17.5. The van der Waals surface area contributed by atoms with Crippen molar-refractivity contribution < 1.29 is 9.59 Å². The van der Waals surface area contributed by atoms with Gasteiger partial charge in [0.25, 0.3) is 5.56 Å². The zero-order valence-electron chi connectivity index (χ0n) is 17.5. The Balaban J connectivity index is 1.60. The van der Waals surface area contributed by atoms with Crippen molar-refractivity contribution in [1.82, 2.24) is 4.57 Å². The number of anilines is 1. The summed E-state index contributed by atoms with van der Waals surface area (Å²) in [5.74, 6) is 1.79.